The van der Waals surface area contributed by atoms with E-state index < -0.39 is 6.67 Å². The number of nitrogens with one attached hydrogen (secondary N) is 1. The number of aromatic nitrogens is 1. The number of fused-ring (bicyclic) bond motifs is 3. The van der Waals surface area contributed by atoms with Crippen molar-refractivity contribution in [3.8, 4) is 5.75 Å². The summed E-state index contributed by atoms with van der Waals surface area (Å²) in [6.07, 6.45) is 0. The Morgan fingerprint density at radius 1 is 0.833 bits per heavy atom. The van der Waals surface area contributed by atoms with Crippen LogP contribution >= 0.6 is 0 Å². The number of hydrogen-bond donors (Lipinski definition) is 2. The fraction of sp³-hybridized carbons (Fsp3) is 0.333. The largest absolute Gasteiger partial charge is 0.491 e. The minimum atomic E-state index is -0.466. The molecule has 0 atom stereocenters. The first-order chi connectivity index (χ1) is 11.8. The zero-order valence-corrected chi connectivity index (χ0v) is 13.4. The van der Waals surface area contributed by atoms with Crippen molar-refractivity contribution < 1.29 is 18.6 Å². The van der Waals surface area contributed by atoms with Crippen molar-refractivity contribution >= 4 is 27.5 Å². The fourth-order valence-electron chi connectivity index (χ4n) is 2.59. The summed E-state index contributed by atoms with van der Waals surface area (Å²) in [4.78, 5) is 3.35. The third-order valence-electron chi connectivity index (χ3n) is 3.68. The Morgan fingerprint density at radius 3 is 2.29 bits per heavy atom. The van der Waals surface area contributed by atoms with Gasteiger partial charge in [0.15, 0.2) is 0 Å². The molecule has 5 nitrogen and oxygen atoms in total. The number of aromatic amines is 1. The normalized spacial score (nSPS) is 11.4. The molecule has 1 heterocycles. The molecule has 24 heavy (non-hydrogen) atoms. The summed E-state index contributed by atoms with van der Waals surface area (Å²) < 4.78 is 27.8. The van der Waals surface area contributed by atoms with E-state index in [2.05, 4.69) is 4.98 Å². The van der Waals surface area contributed by atoms with Crippen LogP contribution in [0.15, 0.2) is 36.4 Å². The number of ether oxygens (including phenoxy) is 3. The van der Waals surface area contributed by atoms with Crippen molar-refractivity contribution in [3.63, 3.8) is 0 Å². The van der Waals surface area contributed by atoms with Crippen LogP contribution in [0.5, 0.6) is 5.75 Å². The van der Waals surface area contributed by atoms with Crippen molar-refractivity contribution in [2.24, 2.45) is 0 Å². The van der Waals surface area contributed by atoms with Gasteiger partial charge in [-0.3, -0.25) is 0 Å². The maximum atomic E-state index is 11.8. The number of anilines is 1. The molecule has 128 valence electrons. The van der Waals surface area contributed by atoms with Crippen LogP contribution in [-0.4, -0.2) is 44.7 Å². The zero-order valence-electron chi connectivity index (χ0n) is 13.4. The Bertz CT molecular complexity index is 803. The number of H-pyrrole nitrogens is 1. The van der Waals surface area contributed by atoms with E-state index in [9.17, 15) is 4.39 Å². The first-order valence-corrected chi connectivity index (χ1v) is 7.93. The smallest absolute Gasteiger partial charge is 0.121 e. The quantitative estimate of drug-likeness (QED) is 0.466. The molecular weight excluding hydrogens is 311 g/mol. The van der Waals surface area contributed by atoms with Gasteiger partial charge in [-0.25, -0.2) is 4.39 Å². The molecule has 1 aromatic heterocycles. The summed E-state index contributed by atoms with van der Waals surface area (Å²) >= 11 is 0. The van der Waals surface area contributed by atoms with Gasteiger partial charge in [-0.2, -0.15) is 0 Å². The van der Waals surface area contributed by atoms with Crippen molar-refractivity contribution in [3.05, 3.63) is 36.4 Å². The van der Waals surface area contributed by atoms with Crippen LogP contribution in [0.25, 0.3) is 21.8 Å². The Hall–Kier alpha value is -2.31. The molecule has 0 saturated carbocycles. The number of rotatable bonds is 9. The predicted molar refractivity (Wildman–Crippen MR) is 93.3 cm³/mol. The third-order valence-corrected chi connectivity index (χ3v) is 3.68. The molecule has 0 saturated heterocycles. The van der Waals surface area contributed by atoms with Gasteiger partial charge in [-0.15, -0.1) is 0 Å². The van der Waals surface area contributed by atoms with Gasteiger partial charge >= 0.3 is 0 Å². The maximum Gasteiger partial charge on any atom is 0.121 e. The molecular formula is C18H21FN2O3. The molecule has 3 rings (SSSR count). The first-order valence-electron chi connectivity index (χ1n) is 7.93. The minimum absolute atomic E-state index is 0.121. The van der Waals surface area contributed by atoms with Crippen LogP contribution in [0.2, 0.25) is 0 Å². The van der Waals surface area contributed by atoms with Crippen molar-refractivity contribution in [2.45, 2.75) is 0 Å². The maximum absolute atomic E-state index is 11.8. The summed E-state index contributed by atoms with van der Waals surface area (Å²) in [5, 5.41) is 2.28. The van der Waals surface area contributed by atoms with Gasteiger partial charge in [0.25, 0.3) is 0 Å². The Kier molecular flexibility index (Phi) is 5.51. The van der Waals surface area contributed by atoms with E-state index in [1.54, 1.807) is 0 Å². The predicted octanol–water partition coefficient (Wildman–Crippen LogP) is 3.28. The van der Waals surface area contributed by atoms with Crippen molar-refractivity contribution in [2.75, 3.05) is 45.4 Å². The Balaban J connectivity index is 1.53. The van der Waals surface area contributed by atoms with Gasteiger partial charge in [0.05, 0.1) is 31.9 Å². The average Bonchev–Trinajstić information content (AvgIpc) is 2.93. The van der Waals surface area contributed by atoms with E-state index in [4.69, 9.17) is 19.9 Å². The van der Waals surface area contributed by atoms with Crippen molar-refractivity contribution in [1.29, 1.82) is 0 Å². The monoisotopic (exact) mass is 332 g/mol. The second-order valence-electron chi connectivity index (χ2n) is 5.40. The highest BCUT2D eigenvalue weighted by atomic mass is 19.1. The molecule has 0 bridgehead atoms. The second kappa shape index (κ2) is 7.99. The van der Waals surface area contributed by atoms with Crippen molar-refractivity contribution in [1.82, 2.24) is 4.98 Å². The summed E-state index contributed by atoms with van der Waals surface area (Å²) in [6.45, 7) is 1.39. The molecule has 0 fully saturated rings. The van der Waals surface area contributed by atoms with Crippen LogP contribution in [-0.2, 0) is 9.47 Å². The Labute approximate surface area is 139 Å². The summed E-state index contributed by atoms with van der Waals surface area (Å²) in [5.74, 6) is 0.777. The average molecular weight is 332 g/mol. The lowest BCUT2D eigenvalue weighted by atomic mass is 10.1. The second-order valence-corrected chi connectivity index (χ2v) is 5.40. The summed E-state index contributed by atoms with van der Waals surface area (Å²) in [7, 11) is 0. The summed E-state index contributed by atoms with van der Waals surface area (Å²) in [6, 6.07) is 11.8. The van der Waals surface area contributed by atoms with Crippen LogP contribution in [0.3, 0.4) is 0 Å². The van der Waals surface area contributed by atoms with E-state index >= 15 is 0 Å². The van der Waals surface area contributed by atoms with Crippen LogP contribution in [0.4, 0.5) is 10.1 Å². The fourth-order valence-corrected chi connectivity index (χ4v) is 2.59. The topological polar surface area (TPSA) is 69.5 Å². The molecule has 0 unspecified atom stereocenters. The molecule has 6 heteroatoms. The van der Waals surface area contributed by atoms with E-state index in [0.29, 0.717) is 26.4 Å². The number of hydrogen-bond acceptors (Lipinski definition) is 4. The summed E-state index contributed by atoms with van der Waals surface area (Å²) in [5.41, 5.74) is 8.58. The van der Waals surface area contributed by atoms with Gasteiger partial charge in [0.2, 0.25) is 0 Å². The van der Waals surface area contributed by atoms with Gasteiger partial charge in [0.1, 0.15) is 19.0 Å². The highest BCUT2D eigenvalue weighted by Gasteiger charge is 2.05. The van der Waals surface area contributed by atoms with Crippen LogP contribution < -0.4 is 10.5 Å². The Morgan fingerprint density at radius 2 is 1.50 bits per heavy atom. The number of benzene rings is 2. The SMILES string of the molecule is Nc1ccc2c(c1)[nH]c1cc(OCCOCCOCCF)ccc12. The molecule has 0 aliphatic heterocycles. The van der Waals surface area contributed by atoms with Crippen LogP contribution in [0.1, 0.15) is 0 Å². The molecule has 0 spiro atoms. The van der Waals surface area contributed by atoms with E-state index in [-0.39, 0.29) is 6.61 Å². The molecule has 0 aliphatic carbocycles. The standard InChI is InChI=1S/C18H21FN2O3/c19-5-6-22-7-8-23-9-10-24-14-2-4-16-15-3-1-13(20)11-17(15)21-18(16)12-14/h1-4,11-12,21H,5-10,20H2. The van der Waals surface area contributed by atoms with Gasteiger partial charge in [0, 0.05) is 28.0 Å². The van der Waals surface area contributed by atoms with E-state index in [1.807, 2.05) is 36.4 Å². The van der Waals surface area contributed by atoms with Gasteiger partial charge < -0.3 is 24.9 Å². The molecule has 3 aromatic rings. The first kappa shape index (κ1) is 16.5. The number of nitrogen functional groups attached to an aromatic ring is 1. The zero-order chi connectivity index (χ0) is 16.8. The lowest BCUT2D eigenvalue weighted by molar-refractivity contribution is 0.0325. The van der Waals surface area contributed by atoms with Crippen LogP contribution in [0, 0.1) is 0 Å². The number of alkyl halides is 1. The lowest BCUT2D eigenvalue weighted by Gasteiger charge is -2.07. The molecule has 0 aliphatic rings. The third kappa shape index (κ3) is 3.96. The lowest BCUT2D eigenvalue weighted by Crippen LogP contribution is -2.11. The molecule has 0 radical (unpaired) electrons. The number of halogens is 1. The highest BCUT2D eigenvalue weighted by molar-refractivity contribution is 6.08. The van der Waals surface area contributed by atoms with E-state index in [1.165, 1.54) is 0 Å². The van der Waals surface area contributed by atoms with Gasteiger partial charge in [-0.1, -0.05) is 6.07 Å². The highest BCUT2D eigenvalue weighted by Crippen LogP contribution is 2.29. The molecule has 3 N–H and O–H groups in total. The minimum Gasteiger partial charge on any atom is -0.491 e. The number of nitrogens with two attached hydrogens (primary N) is 1. The molecule has 0 amide bonds. The van der Waals surface area contributed by atoms with Gasteiger partial charge in [-0.05, 0) is 24.3 Å². The van der Waals surface area contributed by atoms with E-state index in [0.717, 1.165) is 33.2 Å². The molecule has 2 aromatic carbocycles.